The van der Waals surface area contributed by atoms with E-state index in [0.717, 1.165) is 24.8 Å². The van der Waals surface area contributed by atoms with Crippen LogP contribution in [0.1, 0.15) is 50.8 Å². The maximum Gasteiger partial charge on any atom is 0.335 e. The normalized spacial score (nSPS) is 23.8. The topological polar surface area (TPSA) is 134 Å². The van der Waals surface area contributed by atoms with Gasteiger partial charge in [0, 0.05) is 23.8 Å². The Hall–Kier alpha value is -2.45. The summed E-state index contributed by atoms with van der Waals surface area (Å²) < 4.78 is 30.2. The molecule has 196 valence electrons. The highest BCUT2D eigenvalue weighted by Crippen LogP contribution is 2.40. The van der Waals surface area contributed by atoms with E-state index in [9.17, 15) is 18.3 Å². The second-order valence-corrected chi connectivity index (χ2v) is 12.1. The molecule has 3 N–H and O–H groups in total. The third kappa shape index (κ3) is 5.41. The molecular weight excluding hydrogens is 538 g/mol. The average molecular weight is 564 g/mol. The van der Waals surface area contributed by atoms with Crippen molar-refractivity contribution in [3.8, 4) is 0 Å². The molecule has 1 saturated carbocycles. The number of aromatic nitrogens is 2. The lowest BCUT2D eigenvalue weighted by Gasteiger charge is -2.19. The van der Waals surface area contributed by atoms with E-state index in [1.807, 2.05) is 36.7 Å². The first kappa shape index (κ1) is 26.2. The van der Waals surface area contributed by atoms with Gasteiger partial charge in [0.2, 0.25) is 5.78 Å². The number of aliphatic hydroxyl groups is 1. The number of carbonyl (C=O) groups is 1. The van der Waals surface area contributed by atoms with E-state index in [2.05, 4.69) is 29.1 Å². The number of ketones is 1. The number of thiophene rings is 1. The molecule has 3 aromatic rings. The van der Waals surface area contributed by atoms with E-state index in [4.69, 9.17) is 11.6 Å². The van der Waals surface area contributed by atoms with Crippen LogP contribution >= 0.6 is 22.9 Å². The number of nitrogens with one attached hydrogen (secondary N) is 2. The molecule has 1 fully saturated rings. The second kappa shape index (κ2) is 10.4. The van der Waals surface area contributed by atoms with Crippen LogP contribution in [0.5, 0.6) is 0 Å². The van der Waals surface area contributed by atoms with Crippen molar-refractivity contribution in [1.29, 1.82) is 0 Å². The summed E-state index contributed by atoms with van der Waals surface area (Å²) in [5.41, 5.74) is 3.66. The van der Waals surface area contributed by atoms with Gasteiger partial charge in [0.15, 0.2) is 0 Å². The van der Waals surface area contributed by atoms with Gasteiger partial charge in [0.05, 0.1) is 35.7 Å². The molecule has 10 nitrogen and oxygen atoms in total. The number of hydrogen-bond acceptors (Lipinski definition) is 10. The average Bonchev–Trinajstić information content (AvgIpc) is 3.55. The molecule has 0 unspecified atom stereocenters. The van der Waals surface area contributed by atoms with E-state index >= 15 is 0 Å². The van der Waals surface area contributed by atoms with E-state index in [0.29, 0.717) is 27.7 Å². The number of fused-ring (bicyclic) bond motifs is 1. The molecule has 2 aliphatic rings. The maximum atomic E-state index is 13.5. The van der Waals surface area contributed by atoms with Crippen LogP contribution in [0.15, 0.2) is 42.2 Å². The van der Waals surface area contributed by atoms with Gasteiger partial charge in [0.1, 0.15) is 12.1 Å². The number of nitrogens with zero attached hydrogens (tertiary/aromatic N) is 3. The summed E-state index contributed by atoms with van der Waals surface area (Å²) >= 11 is 7.62. The monoisotopic (exact) mass is 563 g/mol. The molecule has 4 atom stereocenters. The minimum absolute atomic E-state index is 0.00362. The molecule has 5 rings (SSSR count). The Balaban J connectivity index is 1.34. The summed E-state index contributed by atoms with van der Waals surface area (Å²) in [5, 5.41) is 16.2. The molecule has 0 radical (unpaired) electrons. The fourth-order valence-electron chi connectivity index (χ4n) is 5.04. The molecule has 0 saturated heterocycles. The molecular formula is C24H26ClN5O5S2. The molecule has 3 heterocycles. The summed E-state index contributed by atoms with van der Waals surface area (Å²) in [4.78, 5) is 24.6. The predicted molar refractivity (Wildman–Crippen MR) is 140 cm³/mol. The molecule has 0 spiro atoms. The highest BCUT2D eigenvalue weighted by Gasteiger charge is 2.36. The van der Waals surface area contributed by atoms with Crippen molar-refractivity contribution in [2.45, 2.75) is 43.6 Å². The van der Waals surface area contributed by atoms with Crippen molar-refractivity contribution in [2.75, 3.05) is 19.5 Å². The SMILES string of the molecule is COS(=O)(=O)N[C@@H]1C[C@@H](Nc2ncncc2C(=O)c2cc([C@@H]3c4cc(Cl)ccc4CN3C)cs2)C[C@@H]1O. The molecule has 13 heteroatoms. The number of aliphatic hydroxyl groups excluding tert-OH is 1. The first-order valence-corrected chi connectivity index (χ1v) is 14.3. The standard InChI is InChI=1S/C24H26ClN5O5S2/c1-30-10-13-3-4-15(25)6-17(13)22(30)14-5-21(36-11-14)23(32)18-9-26-12-27-24(18)28-16-7-19(20(31)8-16)29-37(33,34)35-2/h3-6,9,11-12,16,19-20,22,29,31H,7-8,10H2,1-2H3,(H,26,27,28)/t16-,19-,20+,22-/m1/s1. The van der Waals surface area contributed by atoms with E-state index < -0.39 is 22.4 Å². The van der Waals surface area contributed by atoms with Crippen LogP contribution in [-0.4, -0.2) is 66.5 Å². The Bertz CT molecular complexity index is 1430. The van der Waals surface area contributed by atoms with Crippen molar-refractivity contribution in [3.63, 3.8) is 0 Å². The molecule has 0 bridgehead atoms. The molecule has 1 aliphatic carbocycles. The Morgan fingerprint density at radius 2 is 2.11 bits per heavy atom. The minimum Gasteiger partial charge on any atom is -0.391 e. The highest BCUT2D eigenvalue weighted by molar-refractivity contribution is 7.84. The first-order valence-electron chi connectivity index (χ1n) is 11.6. The summed E-state index contributed by atoms with van der Waals surface area (Å²) in [5.74, 6) is 0.110. The highest BCUT2D eigenvalue weighted by atomic mass is 35.5. The van der Waals surface area contributed by atoms with Crippen molar-refractivity contribution >= 4 is 44.8 Å². The van der Waals surface area contributed by atoms with Crippen LogP contribution in [0.3, 0.4) is 0 Å². The third-order valence-corrected chi connectivity index (χ3v) is 8.98. The Morgan fingerprint density at radius 1 is 1.30 bits per heavy atom. The fourth-order valence-corrected chi connectivity index (χ4v) is 6.82. The zero-order chi connectivity index (χ0) is 26.3. The smallest absolute Gasteiger partial charge is 0.335 e. The van der Waals surface area contributed by atoms with Gasteiger partial charge >= 0.3 is 10.3 Å². The molecule has 2 aromatic heterocycles. The van der Waals surface area contributed by atoms with Gasteiger partial charge < -0.3 is 10.4 Å². The van der Waals surface area contributed by atoms with Crippen molar-refractivity contribution in [1.82, 2.24) is 19.6 Å². The fraction of sp³-hybridized carbons (Fsp3) is 0.375. The molecule has 1 aliphatic heterocycles. The Labute approximate surface area is 223 Å². The summed E-state index contributed by atoms with van der Waals surface area (Å²) in [6.45, 7) is 0.797. The lowest BCUT2D eigenvalue weighted by atomic mass is 9.99. The predicted octanol–water partition coefficient (Wildman–Crippen LogP) is 2.74. The van der Waals surface area contributed by atoms with Crippen LogP contribution in [0.2, 0.25) is 5.02 Å². The molecule has 37 heavy (non-hydrogen) atoms. The van der Waals surface area contributed by atoms with Crippen molar-refractivity contribution in [3.05, 3.63) is 74.3 Å². The third-order valence-electron chi connectivity index (χ3n) is 6.76. The largest absolute Gasteiger partial charge is 0.391 e. The zero-order valence-corrected chi connectivity index (χ0v) is 22.5. The lowest BCUT2D eigenvalue weighted by Crippen LogP contribution is -2.40. The van der Waals surface area contributed by atoms with Gasteiger partial charge in [-0.25, -0.2) is 9.97 Å². The van der Waals surface area contributed by atoms with Crippen LogP contribution in [-0.2, 0) is 21.0 Å². The number of carbonyl (C=O) groups excluding carboxylic acids is 1. The number of halogens is 1. The van der Waals surface area contributed by atoms with Crippen LogP contribution in [0.25, 0.3) is 0 Å². The second-order valence-electron chi connectivity index (χ2n) is 9.24. The first-order chi connectivity index (χ1) is 17.6. The maximum absolute atomic E-state index is 13.5. The lowest BCUT2D eigenvalue weighted by molar-refractivity contribution is 0.104. The number of hydrogen-bond donors (Lipinski definition) is 3. The minimum atomic E-state index is -3.95. The Kier molecular flexibility index (Phi) is 7.33. The molecule has 1 aromatic carbocycles. The van der Waals surface area contributed by atoms with Crippen molar-refractivity contribution in [2.24, 2.45) is 0 Å². The zero-order valence-electron chi connectivity index (χ0n) is 20.1. The van der Waals surface area contributed by atoms with Gasteiger partial charge in [-0.15, -0.1) is 11.3 Å². The number of benzene rings is 1. The van der Waals surface area contributed by atoms with Crippen LogP contribution < -0.4 is 10.0 Å². The van der Waals surface area contributed by atoms with Gasteiger partial charge in [-0.2, -0.15) is 13.1 Å². The quantitative estimate of drug-likeness (QED) is 0.354. The summed E-state index contributed by atoms with van der Waals surface area (Å²) in [6, 6.07) is 6.78. The van der Waals surface area contributed by atoms with Gasteiger partial charge in [-0.1, -0.05) is 17.7 Å². The van der Waals surface area contributed by atoms with E-state index in [1.54, 1.807) is 0 Å². The number of anilines is 1. The van der Waals surface area contributed by atoms with E-state index in [1.165, 1.54) is 29.4 Å². The number of rotatable bonds is 8. The van der Waals surface area contributed by atoms with Crippen LogP contribution in [0.4, 0.5) is 5.82 Å². The van der Waals surface area contributed by atoms with Gasteiger partial charge in [0.25, 0.3) is 0 Å². The van der Waals surface area contributed by atoms with Gasteiger partial charge in [-0.05, 0) is 60.2 Å². The summed E-state index contributed by atoms with van der Waals surface area (Å²) in [6.07, 6.45) is 2.45. The van der Waals surface area contributed by atoms with Crippen LogP contribution in [0, 0.1) is 0 Å². The molecule has 0 amide bonds. The van der Waals surface area contributed by atoms with Gasteiger partial charge in [-0.3, -0.25) is 13.9 Å². The van der Waals surface area contributed by atoms with E-state index in [-0.39, 0.29) is 24.3 Å². The Morgan fingerprint density at radius 3 is 2.89 bits per heavy atom. The summed E-state index contributed by atoms with van der Waals surface area (Å²) in [7, 11) is -0.856. The van der Waals surface area contributed by atoms with Crippen molar-refractivity contribution < 1.29 is 22.5 Å².